The lowest BCUT2D eigenvalue weighted by Crippen LogP contribution is -2.42. The second-order valence-corrected chi connectivity index (χ2v) is 7.26. The summed E-state index contributed by atoms with van der Waals surface area (Å²) in [4.78, 5) is 0.181. The van der Waals surface area contributed by atoms with E-state index in [1.54, 1.807) is 6.07 Å². The lowest BCUT2D eigenvalue weighted by molar-refractivity contribution is 0.108. The fourth-order valence-corrected chi connectivity index (χ4v) is 4.12. The van der Waals surface area contributed by atoms with Crippen LogP contribution in [0.3, 0.4) is 0 Å². The lowest BCUT2D eigenvalue weighted by Gasteiger charge is -2.29. The van der Waals surface area contributed by atoms with Gasteiger partial charge in [0.15, 0.2) is 11.5 Å². The summed E-state index contributed by atoms with van der Waals surface area (Å²) in [6, 6.07) is 4.68. The Morgan fingerprint density at radius 1 is 1.14 bits per heavy atom. The Morgan fingerprint density at radius 3 is 2.67 bits per heavy atom. The first-order valence-electron chi connectivity index (χ1n) is 7.15. The van der Waals surface area contributed by atoms with E-state index in [0.717, 1.165) is 6.42 Å². The van der Waals surface area contributed by atoms with E-state index in [1.807, 2.05) is 0 Å². The molecule has 1 aromatic carbocycles. The molecule has 0 saturated carbocycles. The van der Waals surface area contributed by atoms with Crippen LogP contribution in [0.15, 0.2) is 23.1 Å². The van der Waals surface area contributed by atoms with Crippen LogP contribution in [0.1, 0.15) is 19.3 Å². The van der Waals surface area contributed by atoms with Crippen molar-refractivity contribution in [3.8, 4) is 11.5 Å². The first-order chi connectivity index (χ1) is 10.1. The molecule has 1 aromatic rings. The van der Waals surface area contributed by atoms with Crippen LogP contribution in [0.4, 0.5) is 0 Å². The zero-order chi connectivity index (χ0) is 14.9. The van der Waals surface area contributed by atoms with Crippen LogP contribution in [-0.2, 0) is 10.0 Å². The Labute approximate surface area is 124 Å². The number of hydrogen-bond donors (Lipinski definition) is 1. The highest BCUT2D eigenvalue weighted by Crippen LogP contribution is 2.33. The number of aliphatic hydroxyl groups is 1. The Hall–Kier alpha value is -1.31. The summed E-state index contributed by atoms with van der Waals surface area (Å²) in [6.07, 6.45) is 1.50. The smallest absolute Gasteiger partial charge is 0.243 e. The van der Waals surface area contributed by atoms with Gasteiger partial charge in [0.25, 0.3) is 0 Å². The minimum absolute atomic E-state index is 0.150. The Morgan fingerprint density at radius 2 is 1.90 bits per heavy atom. The van der Waals surface area contributed by atoms with Gasteiger partial charge in [-0.15, -0.1) is 0 Å². The van der Waals surface area contributed by atoms with Crippen molar-refractivity contribution in [2.75, 3.05) is 26.3 Å². The third kappa shape index (κ3) is 3.00. The van der Waals surface area contributed by atoms with Crippen molar-refractivity contribution in [3.63, 3.8) is 0 Å². The molecule has 2 aliphatic rings. The number of piperidine rings is 1. The number of ether oxygens (including phenoxy) is 2. The molecule has 21 heavy (non-hydrogen) atoms. The third-order valence-corrected chi connectivity index (χ3v) is 5.58. The standard InChI is InChI=1S/C14H19NO5S/c16-11-3-1-6-15(10-11)21(17,18)12-4-5-13-14(9-12)20-8-2-7-19-13/h4-5,9,11,16H,1-3,6-8,10H2/t11-/m0/s1. The zero-order valence-electron chi connectivity index (χ0n) is 11.7. The summed E-state index contributed by atoms with van der Waals surface area (Å²) >= 11 is 0. The Kier molecular flexibility index (Phi) is 4.05. The molecular weight excluding hydrogens is 294 g/mol. The van der Waals surface area contributed by atoms with E-state index in [0.29, 0.717) is 44.1 Å². The van der Waals surface area contributed by atoms with Crippen LogP contribution in [0.2, 0.25) is 0 Å². The summed E-state index contributed by atoms with van der Waals surface area (Å²) in [5.41, 5.74) is 0. The number of nitrogens with zero attached hydrogens (tertiary/aromatic N) is 1. The number of hydrogen-bond acceptors (Lipinski definition) is 5. The van der Waals surface area contributed by atoms with Gasteiger partial charge in [-0.1, -0.05) is 0 Å². The van der Waals surface area contributed by atoms with E-state index in [1.165, 1.54) is 16.4 Å². The van der Waals surface area contributed by atoms with Crippen LogP contribution in [-0.4, -0.2) is 50.2 Å². The summed E-state index contributed by atoms with van der Waals surface area (Å²) in [5, 5.41) is 9.67. The van der Waals surface area contributed by atoms with Crippen LogP contribution >= 0.6 is 0 Å². The molecule has 1 saturated heterocycles. The molecule has 0 aliphatic carbocycles. The van der Waals surface area contributed by atoms with E-state index >= 15 is 0 Å². The molecule has 0 amide bonds. The van der Waals surface area contributed by atoms with Crippen molar-refractivity contribution in [2.45, 2.75) is 30.3 Å². The van der Waals surface area contributed by atoms with Gasteiger partial charge in [-0.3, -0.25) is 0 Å². The molecular formula is C14H19NO5S. The van der Waals surface area contributed by atoms with E-state index < -0.39 is 16.1 Å². The molecule has 0 aromatic heterocycles. The van der Waals surface area contributed by atoms with Crippen LogP contribution in [0.25, 0.3) is 0 Å². The number of fused-ring (bicyclic) bond motifs is 1. The van der Waals surface area contributed by atoms with E-state index in [4.69, 9.17) is 9.47 Å². The van der Waals surface area contributed by atoms with E-state index in [2.05, 4.69) is 0 Å². The van der Waals surface area contributed by atoms with Gasteiger partial charge in [-0.05, 0) is 25.0 Å². The molecule has 3 rings (SSSR count). The van der Waals surface area contributed by atoms with E-state index in [9.17, 15) is 13.5 Å². The number of β-amino-alcohol motifs (C(OH)–C–C–N with tert-alkyl or cyclic N) is 1. The molecule has 0 bridgehead atoms. The average Bonchev–Trinajstić information content (AvgIpc) is 2.71. The molecule has 1 fully saturated rings. The normalized spacial score (nSPS) is 23.6. The minimum atomic E-state index is -3.60. The molecule has 0 radical (unpaired) electrons. The van der Waals surface area contributed by atoms with Gasteiger partial charge in [0.05, 0.1) is 24.2 Å². The predicted octanol–water partition coefficient (Wildman–Crippen LogP) is 0.993. The molecule has 116 valence electrons. The molecule has 2 aliphatic heterocycles. The predicted molar refractivity (Wildman–Crippen MR) is 76.0 cm³/mol. The summed E-state index contributed by atoms with van der Waals surface area (Å²) in [5.74, 6) is 1.04. The molecule has 1 N–H and O–H groups in total. The number of benzene rings is 1. The fourth-order valence-electron chi connectivity index (χ4n) is 2.59. The monoisotopic (exact) mass is 313 g/mol. The second-order valence-electron chi connectivity index (χ2n) is 5.32. The highest BCUT2D eigenvalue weighted by Gasteiger charge is 2.30. The van der Waals surface area contributed by atoms with Crippen LogP contribution < -0.4 is 9.47 Å². The number of sulfonamides is 1. The van der Waals surface area contributed by atoms with Crippen molar-refractivity contribution in [3.05, 3.63) is 18.2 Å². The van der Waals surface area contributed by atoms with Crippen molar-refractivity contribution in [2.24, 2.45) is 0 Å². The van der Waals surface area contributed by atoms with E-state index in [-0.39, 0.29) is 11.4 Å². The van der Waals surface area contributed by atoms with Crippen molar-refractivity contribution in [1.82, 2.24) is 4.31 Å². The van der Waals surface area contributed by atoms with Gasteiger partial charge < -0.3 is 14.6 Å². The van der Waals surface area contributed by atoms with Gasteiger partial charge >= 0.3 is 0 Å². The van der Waals surface area contributed by atoms with Crippen molar-refractivity contribution in [1.29, 1.82) is 0 Å². The zero-order valence-corrected chi connectivity index (χ0v) is 12.5. The summed E-state index contributed by atoms with van der Waals surface area (Å²) in [7, 11) is -3.60. The SMILES string of the molecule is O=S(=O)(c1ccc2c(c1)OCCCO2)N1CCC[C@H](O)C1. The summed E-state index contributed by atoms with van der Waals surface area (Å²) < 4.78 is 37.6. The Bertz CT molecular complexity index is 616. The highest BCUT2D eigenvalue weighted by molar-refractivity contribution is 7.89. The van der Waals surface area contributed by atoms with Crippen molar-refractivity contribution < 1.29 is 23.0 Å². The van der Waals surface area contributed by atoms with Gasteiger partial charge in [0.2, 0.25) is 10.0 Å². The molecule has 1 atom stereocenters. The molecule has 6 nitrogen and oxygen atoms in total. The number of aliphatic hydroxyl groups excluding tert-OH is 1. The highest BCUT2D eigenvalue weighted by atomic mass is 32.2. The summed E-state index contributed by atoms with van der Waals surface area (Å²) in [6.45, 7) is 1.67. The maximum Gasteiger partial charge on any atom is 0.243 e. The first-order valence-corrected chi connectivity index (χ1v) is 8.59. The third-order valence-electron chi connectivity index (χ3n) is 3.72. The minimum Gasteiger partial charge on any atom is -0.490 e. The Balaban J connectivity index is 1.90. The van der Waals surface area contributed by atoms with Crippen molar-refractivity contribution >= 4 is 10.0 Å². The van der Waals surface area contributed by atoms with Crippen LogP contribution in [0.5, 0.6) is 11.5 Å². The van der Waals surface area contributed by atoms with Gasteiger partial charge in [-0.2, -0.15) is 4.31 Å². The quantitative estimate of drug-likeness (QED) is 0.881. The molecule has 0 spiro atoms. The topological polar surface area (TPSA) is 76.1 Å². The van der Waals surface area contributed by atoms with Gasteiger partial charge in [-0.25, -0.2) is 8.42 Å². The molecule has 7 heteroatoms. The largest absolute Gasteiger partial charge is 0.490 e. The maximum atomic E-state index is 12.6. The number of rotatable bonds is 2. The molecule has 0 unspecified atom stereocenters. The maximum absolute atomic E-state index is 12.6. The van der Waals surface area contributed by atoms with Gasteiger partial charge in [0, 0.05) is 25.6 Å². The lowest BCUT2D eigenvalue weighted by atomic mass is 10.1. The van der Waals surface area contributed by atoms with Gasteiger partial charge in [0.1, 0.15) is 0 Å². The average molecular weight is 313 g/mol. The van der Waals surface area contributed by atoms with Crippen LogP contribution in [0, 0.1) is 0 Å². The first kappa shape index (κ1) is 14.6. The molecule has 2 heterocycles. The second kappa shape index (κ2) is 5.82. The fraction of sp³-hybridized carbons (Fsp3) is 0.571.